The zero-order chi connectivity index (χ0) is 18.6. The summed E-state index contributed by atoms with van der Waals surface area (Å²) < 4.78 is 7.92. The highest BCUT2D eigenvalue weighted by Crippen LogP contribution is 2.28. The summed E-state index contributed by atoms with van der Waals surface area (Å²) in [7, 11) is 0. The molecule has 0 radical (unpaired) electrons. The highest BCUT2D eigenvalue weighted by molar-refractivity contribution is 5.83. The van der Waals surface area contributed by atoms with Crippen LogP contribution in [0.15, 0.2) is 29.1 Å². The Morgan fingerprint density at radius 1 is 1.20 bits per heavy atom. The Labute approximate surface area is 148 Å². The molecule has 1 aromatic carbocycles. The van der Waals surface area contributed by atoms with Crippen molar-refractivity contribution in [3.63, 3.8) is 0 Å². The minimum Gasteiger partial charge on any atom is -0.448 e. The number of carbonyl (C=O) groups is 1. The number of aromatic nitrogens is 2. The van der Waals surface area contributed by atoms with Crippen molar-refractivity contribution in [2.45, 2.75) is 53.0 Å². The average Bonchev–Trinajstić information content (AvgIpc) is 2.86. The molecule has 0 aliphatic carbocycles. The lowest BCUT2D eigenvalue weighted by Gasteiger charge is -2.18. The van der Waals surface area contributed by atoms with Crippen molar-refractivity contribution in [2.24, 2.45) is 0 Å². The molecule has 0 saturated heterocycles. The molecule has 0 saturated carbocycles. The van der Waals surface area contributed by atoms with Crippen LogP contribution in [0, 0.1) is 6.92 Å². The summed E-state index contributed by atoms with van der Waals surface area (Å²) >= 11 is 0. The van der Waals surface area contributed by atoms with Crippen molar-refractivity contribution >= 4 is 11.9 Å². The SMILES string of the molecule is CCCOC(=O)n1c(N)c(-c2ccccc2C)c(=O)n1C(CC)CC. The molecule has 25 heavy (non-hydrogen) atoms. The molecule has 0 unspecified atom stereocenters. The van der Waals surface area contributed by atoms with Gasteiger partial charge in [-0.3, -0.25) is 4.79 Å². The summed E-state index contributed by atoms with van der Waals surface area (Å²) in [4.78, 5) is 25.7. The highest BCUT2D eigenvalue weighted by Gasteiger charge is 2.27. The molecule has 1 heterocycles. The normalized spacial score (nSPS) is 11.1. The van der Waals surface area contributed by atoms with Crippen LogP contribution in [-0.4, -0.2) is 22.1 Å². The number of aryl methyl sites for hydroxylation is 1. The summed E-state index contributed by atoms with van der Waals surface area (Å²) in [5.41, 5.74) is 8.05. The van der Waals surface area contributed by atoms with Gasteiger partial charge >= 0.3 is 6.09 Å². The van der Waals surface area contributed by atoms with E-state index in [1.807, 2.05) is 52.0 Å². The van der Waals surface area contributed by atoms with Gasteiger partial charge in [-0.05, 0) is 37.3 Å². The van der Waals surface area contributed by atoms with Crippen LogP contribution < -0.4 is 11.3 Å². The molecule has 0 spiro atoms. The standard InChI is InChI=1S/C19H27N3O3/c1-5-12-25-19(24)22-17(20)16(15-11-9-8-10-13(15)4)18(23)21(22)14(6-2)7-3/h8-11,14H,5-7,12,20H2,1-4H3. The first-order valence-electron chi connectivity index (χ1n) is 8.83. The zero-order valence-electron chi connectivity index (χ0n) is 15.4. The number of benzene rings is 1. The molecule has 0 bridgehead atoms. The highest BCUT2D eigenvalue weighted by atomic mass is 16.6. The molecule has 2 N–H and O–H groups in total. The lowest BCUT2D eigenvalue weighted by atomic mass is 10.0. The number of nitrogens with two attached hydrogens (primary N) is 1. The molecule has 0 atom stereocenters. The van der Waals surface area contributed by atoms with Crippen LogP contribution in [0.2, 0.25) is 0 Å². The lowest BCUT2D eigenvalue weighted by molar-refractivity contribution is 0.137. The molecular formula is C19H27N3O3. The van der Waals surface area contributed by atoms with Crippen LogP contribution in [0.5, 0.6) is 0 Å². The third-order valence-corrected chi connectivity index (χ3v) is 4.43. The molecule has 0 aliphatic heterocycles. The van der Waals surface area contributed by atoms with Crippen molar-refractivity contribution in [3.05, 3.63) is 40.2 Å². The first-order chi connectivity index (χ1) is 12.0. The fourth-order valence-electron chi connectivity index (χ4n) is 3.04. The Kier molecular flexibility index (Phi) is 6.07. The minimum absolute atomic E-state index is 0.123. The molecule has 6 heteroatoms. The molecule has 2 aromatic rings. The van der Waals surface area contributed by atoms with Gasteiger partial charge in [0.25, 0.3) is 5.56 Å². The molecule has 136 valence electrons. The van der Waals surface area contributed by atoms with Crippen molar-refractivity contribution in [2.75, 3.05) is 12.3 Å². The third kappa shape index (κ3) is 3.48. The molecule has 0 amide bonds. The van der Waals surface area contributed by atoms with Gasteiger partial charge in [-0.1, -0.05) is 45.0 Å². The molecule has 0 fully saturated rings. The van der Waals surface area contributed by atoms with E-state index in [-0.39, 0.29) is 24.0 Å². The van der Waals surface area contributed by atoms with Crippen LogP contribution >= 0.6 is 0 Å². The van der Waals surface area contributed by atoms with Gasteiger partial charge in [0.2, 0.25) is 0 Å². The van der Waals surface area contributed by atoms with Crippen molar-refractivity contribution in [1.29, 1.82) is 0 Å². The third-order valence-electron chi connectivity index (χ3n) is 4.43. The Bertz CT molecular complexity index is 801. The van der Waals surface area contributed by atoms with Gasteiger partial charge < -0.3 is 10.5 Å². The van der Waals surface area contributed by atoms with E-state index in [2.05, 4.69) is 0 Å². The van der Waals surface area contributed by atoms with Crippen molar-refractivity contribution < 1.29 is 9.53 Å². The van der Waals surface area contributed by atoms with Crippen molar-refractivity contribution in [3.8, 4) is 11.1 Å². The van der Waals surface area contributed by atoms with E-state index in [9.17, 15) is 9.59 Å². The monoisotopic (exact) mass is 345 g/mol. The van der Waals surface area contributed by atoms with Gasteiger partial charge in [0, 0.05) is 0 Å². The predicted octanol–water partition coefficient (Wildman–Crippen LogP) is 3.96. The van der Waals surface area contributed by atoms with Gasteiger partial charge in [0.1, 0.15) is 5.82 Å². The summed E-state index contributed by atoms with van der Waals surface area (Å²) in [6.07, 6.45) is 1.53. The van der Waals surface area contributed by atoms with Crippen LogP contribution in [0.3, 0.4) is 0 Å². The smallest absolute Gasteiger partial charge is 0.435 e. The van der Waals surface area contributed by atoms with E-state index in [4.69, 9.17) is 10.5 Å². The maximum atomic E-state index is 13.2. The van der Waals surface area contributed by atoms with E-state index in [1.54, 1.807) is 0 Å². The van der Waals surface area contributed by atoms with E-state index in [1.165, 1.54) is 9.36 Å². The van der Waals surface area contributed by atoms with E-state index < -0.39 is 6.09 Å². The summed E-state index contributed by atoms with van der Waals surface area (Å²) in [5.74, 6) is 0.132. The maximum absolute atomic E-state index is 13.2. The van der Waals surface area contributed by atoms with E-state index >= 15 is 0 Å². The predicted molar refractivity (Wildman–Crippen MR) is 99.9 cm³/mol. The first kappa shape index (κ1) is 18.8. The van der Waals surface area contributed by atoms with E-state index in [0.717, 1.165) is 11.1 Å². The molecule has 0 aliphatic rings. The second-order valence-electron chi connectivity index (χ2n) is 6.12. The zero-order valence-corrected chi connectivity index (χ0v) is 15.4. The Morgan fingerprint density at radius 2 is 1.84 bits per heavy atom. The summed E-state index contributed by atoms with van der Waals surface area (Å²) in [6.45, 7) is 8.09. The van der Waals surface area contributed by atoms with Gasteiger partial charge in [-0.25, -0.2) is 9.48 Å². The van der Waals surface area contributed by atoms with Crippen LogP contribution in [0.1, 0.15) is 51.6 Å². The minimum atomic E-state index is -0.608. The Hall–Kier alpha value is -2.50. The topological polar surface area (TPSA) is 79.2 Å². The number of rotatable bonds is 6. The maximum Gasteiger partial charge on any atom is 0.435 e. The van der Waals surface area contributed by atoms with Crippen LogP contribution in [-0.2, 0) is 4.74 Å². The molecular weight excluding hydrogens is 318 g/mol. The second-order valence-corrected chi connectivity index (χ2v) is 6.12. The quantitative estimate of drug-likeness (QED) is 0.859. The lowest BCUT2D eigenvalue weighted by Crippen LogP contribution is -2.32. The summed E-state index contributed by atoms with van der Waals surface area (Å²) in [5, 5.41) is 0. The Balaban J connectivity index is 2.74. The Morgan fingerprint density at radius 3 is 2.40 bits per heavy atom. The van der Waals surface area contributed by atoms with Gasteiger partial charge in [0.05, 0.1) is 18.2 Å². The molecule has 1 aromatic heterocycles. The van der Waals surface area contributed by atoms with Crippen LogP contribution in [0.25, 0.3) is 11.1 Å². The van der Waals surface area contributed by atoms with Gasteiger partial charge in [0.15, 0.2) is 0 Å². The number of carbonyl (C=O) groups excluding carboxylic acids is 1. The average molecular weight is 345 g/mol. The fourth-order valence-corrected chi connectivity index (χ4v) is 3.04. The van der Waals surface area contributed by atoms with Crippen molar-refractivity contribution in [1.82, 2.24) is 9.36 Å². The number of nitrogens with zero attached hydrogens (tertiary/aromatic N) is 2. The van der Waals surface area contributed by atoms with Crippen LogP contribution in [0.4, 0.5) is 10.6 Å². The summed E-state index contributed by atoms with van der Waals surface area (Å²) in [6, 6.07) is 7.40. The number of ether oxygens (including phenoxy) is 1. The number of hydrogen-bond acceptors (Lipinski definition) is 4. The van der Waals surface area contributed by atoms with E-state index in [0.29, 0.717) is 24.8 Å². The molecule has 2 rings (SSSR count). The second kappa shape index (κ2) is 8.05. The largest absolute Gasteiger partial charge is 0.448 e. The first-order valence-corrected chi connectivity index (χ1v) is 8.83. The van der Waals surface area contributed by atoms with Gasteiger partial charge in [-0.2, -0.15) is 4.68 Å². The number of hydrogen-bond donors (Lipinski definition) is 1. The molecule has 6 nitrogen and oxygen atoms in total. The fraction of sp³-hybridized carbons (Fsp3) is 0.474. The number of anilines is 1. The van der Waals surface area contributed by atoms with Gasteiger partial charge in [-0.15, -0.1) is 0 Å². The number of nitrogen functional groups attached to an aromatic ring is 1.